The molecule has 0 aromatic heterocycles. The van der Waals surface area contributed by atoms with Crippen LogP contribution in [0.5, 0.6) is 0 Å². The molecule has 0 nitrogen and oxygen atoms in total. The van der Waals surface area contributed by atoms with Gasteiger partial charge < -0.3 is 0 Å². The predicted molar refractivity (Wildman–Crippen MR) is 82.0 cm³/mol. The van der Waals surface area contributed by atoms with Crippen LogP contribution in [0.15, 0.2) is 60.7 Å². The Bertz CT molecular complexity index is 425. The number of hydrogen-bond acceptors (Lipinski definition) is 0. The van der Waals surface area contributed by atoms with E-state index in [-0.39, 0.29) is 0 Å². The summed E-state index contributed by atoms with van der Waals surface area (Å²) >= 11 is -3.13. The van der Waals surface area contributed by atoms with Crippen LogP contribution in [0.1, 0.15) is 0 Å². The molecule has 0 radical (unpaired) electrons. The molecule has 0 bridgehead atoms. The van der Waals surface area contributed by atoms with Crippen molar-refractivity contribution >= 4 is 24.8 Å². The molecule has 86 valence electrons. The number of benzene rings is 2. The van der Waals surface area contributed by atoms with Gasteiger partial charge in [0.1, 0.15) is 0 Å². The van der Waals surface area contributed by atoms with Gasteiger partial charge in [-0.25, -0.2) is 0 Å². The minimum atomic E-state index is -3.13. The molecule has 0 saturated carbocycles. The molecule has 2 aromatic carbocycles. The van der Waals surface area contributed by atoms with E-state index in [1.165, 1.54) is 7.14 Å². The van der Waals surface area contributed by atoms with Gasteiger partial charge in [-0.3, -0.25) is 0 Å². The molecule has 0 heterocycles. The number of halogens is 2. The third-order valence-corrected chi connectivity index (χ3v) is 13.5. The second-order valence-electron chi connectivity index (χ2n) is 4.25. The Morgan fingerprint density at radius 2 is 1.00 bits per heavy atom. The molecule has 0 amide bonds. The SMILES string of the molecule is CI(C)(Cl)(c1ccccc1)c1ccccc1. The molecule has 0 atom stereocenters. The third-order valence-electron chi connectivity index (χ3n) is 2.72. The van der Waals surface area contributed by atoms with Gasteiger partial charge in [-0.15, -0.1) is 0 Å². The normalized spacial score (nSPS) is 14.1. The van der Waals surface area contributed by atoms with Crippen LogP contribution in [-0.4, -0.2) is 9.86 Å². The summed E-state index contributed by atoms with van der Waals surface area (Å²) < 4.78 is 2.58. The third kappa shape index (κ3) is 2.11. The Hall–Kier alpha value is -0.540. The molecule has 0 spiro atoms. The molecule has 0 saturated heterocycles. The van der Waals surface area contributed by atoms with Gasteiger partial charge in [-0.1, -0.05) is 0 Å². The Kier molecular flexibility index (Phi) is 3.01. The summed E-state index contributed by atoms with van der Waals surface area (Å²) in [5.41, 5.74) is 0. The summed E-state index contributed by atoms with van der Waals surface area (Å²) in [4.78, 5) is 4.47. The van der Waals surface area contributed by atoms with Crippen LogP contribution in [0.25, 0.3) is 0 Å². The molecular formula is C14H16ClI. The van der Waals surface area contributed by atoms with Gasteiger partial charge in [-0.2, -0.15) is 0 Å². The summed E-state index contributed by atoms with van der Waals surface area (Å²) in [6, 6.07) is 20.9. The first-order valence-corrected chi connectivity index (χ1v) is 14.3. The molecule has 0 N–H and O–H groups in total. The molecule has 0 unspecified atom stereocenters. The summed E-state index contributed by atoms with van der Waals surface area (Å²) in [5, 5.41) is 0. The first-order chi connectivity index (χ1) is 7.49. The van der Waals surface area contributed by atoms with Crippen molar-refractivity contribution in [3.63, 3.8) is 0 Å². The predicted octanol–water partition coefficient (Wildman–Crippen LogP) is 4.72. The molecule has 2 heteroatoms. The summed E-state index contributed by atoms with van der Waals surface area (Å²) in [7, 11) is 7.03. The van der Waals surface area contributed by atoms with E-state index in [0.717, 1.165) is 0 Å². The fourth-order valence-electron chi connectivity index (χ4n) is 1.68. The topological polar surface area (TPSA) is 0 Å². The number of rotatable bonds is 2. The van der Waals surface area contributed by atoms with Gasteiger partial charge in [0.05, 0.1) is 0 Å². The van der Waals surface area contributed by atoms with Crippen molar-refractivity contribution in [2.24, 2.45) is 0 Å². The van der Waals surface area contributed by atoms with Gasteiger partial charge in [0.15, 0.2) is 0 Å². The minimum absolute atomic E-state index is 1.29. The van der Waals surface area contributed by atoms with Crippen LogP contribution < -0.4 is 0 Å². The van der Waals surface area contributed by atoms with Crippen LogP contribution >= 0.6 is 24.8 Å². The fourth-order valence-corrected chi connectivity index (χ4v) is 8.65. The molecule has 0 fully saturated rings. The van der Waals surface area contributed by atoms with Gasteiger partial charge in [0, 0.05) is 0 Å². The summed E-state index contributed by atoms with van der Waals surface area (Å²) in [6.45, 7) is 0. The van der Waals surface area contributed by atoms with Crippen molar-refractivity contribution in [3.8, 4) is 0 Å². The van der Waals surface area contributed by atoms with Gasteiger partial charge in [0.2, 0.25) is 0 Å². The molecule has 16 heavy (non-hydrogen) atoms. The van der Waals surface area contributed by atoms with Crippen molar-refractivity contribution in [2.75, 3.05) is 9.86 Å². The molecule has 0 aliphatic heterocycles. The first-order valence-electron chi connectivity index (χ1n) is 5.10. The summed E-state index contributed by atoms with van der Waals surface area (Å²) in [5.74, 6) is 0. The second-order valence-corrected chi connectivity index (χ2v) is 21.9. The molecule has 2 rings (SSSR count). The Balaban J connectivity index is 2.60. The van der Waals surface area contributed by atoms with Crippen LogP contribution in [-0.2, 0) is 0 Å². The van der Waals surface area contributed by atoms with Crippen molar-refractivity contribution in [1.29, 1.82) is 0 Å². The van der Waals surface area contributed by atoms with E-state index in [4.69, 9.17) is 8.91 Å². The fraction of sp³-hybridized carbons (Fsp3) is 0.143. The zero-order chi connectivity index (χ0) is 11.7. The van der Waals surface area contributed by atoms with Crippen molar-refractivity contribution in [1.82, 2.24) is 0 Å². The van der Waals surface area contributed by atoms with E-state index in [1.54, 1.807) is 0 Å². The molecule has 2 aromatic rings. The quantitative estimate of drug-likeness (QED) is 0.545. The van der Waals surface area contributed by atoms with Crippen molar-refractivity contribution < 1.29 is 0 Å². The van der Waals surface area contributed by atoms with E-state index in [1.807, 2.05) is 12.1 Å². The maximum atomic E-state index is 7.03. The zero-order valence-corrected chi connectivity index (χ0v) is 12.4. The standard InChI is InChI=1S/C14H16ClI/c1-16(2,15,13-9-5-3-6-10-13)14-11-7-4-8-12-14/h3-12H,1-2H3. The average molecular weight is 347 g/mol. The number of alkyl halides is 2. The Labute approximate surface area is 102 Å². The van der Waals surface area contributed by atoms with Gasteiger partial charge >= 0.3 is 102 Å². The van der Waals surface area contributed by atoms with E-state index in [2.05, 4.69) is 58.4 Å². The van der Waals surface area contributed by atoms with E-state index < -0.39 is 15.9 Å². The first kappa shape index (κ1) is 11.9. The molecule has 0 aliphatic rings. The molecule has 0 aliphatic carbocycles. The van der Waals surface area contributed by atoms with Crippen LogP contribution in [0.3, 0.4) is 0 Å². The average Bonchev–Trinajstić information content (AvgIpc) is 2.31. The van der Waals surface area contributed by atoms with Crippen LogP contribution in [0, 0.1) is 7.14 Å². The van der Waals surface area contributed by atoms with Gasteiger partial charge in [0.25, 0.3) is 0 Å². The van der Waals surface area contributed by atoms with E-state index in [9.17, 15) is 0 Å². The zero-order valence-electron chi connectivity index (χ0n) is 9.53. The maximum absolute atomic E-state index is 7.03. The van der Waals surface area contributed by atoms with Gasteiger partial charge in [-0.05, 0) is 0 Å². The Morgan fingerprint density at radius 1 is 0.688 bits per heavy atom. The van der Waals surface area contributed by atoms with Crippen LogP contribution in [0.4, 0.5) is 0 Å². The van der Waals surface area contributed by atoms with Crippen LogP contribution in [0.2, 0.25) is 0 Å². The molecular weight excluding hydrogens is 331 g/mol. The Morgan fingerprint density at radius 3 is 1.31 bits per heavy atom. The van der Waals surface area contributed by atoms with E-state index in [0.29, 0.717) is 0 Å². The second kappa shape index (κ2) is 4.04. The summed E-state index contributed by atoms with van der Waals surface area (Å²) in [6.07, 6.45) is 0. The number of hydrogen-bond donors (Lipinski definition) is 0. The van der Waals surface area contributed by atoms with Crippen molar-refractivity contribution in [3.05, 3.63) is 67.8 Å². The van der Waals surface area contributed by atoms with E-state index >= 15 is 0 Å². The monoisotopic (exact) mass is 346 g/mol. The van der Waals surface area contributed by atoms with Crippen molar-refractivity contribution in [2.45, 2.75) is 0 Å².